The minimum Gasteiger partial charge on any atom is -0.356 e. The summed E-state index contributed by atoms with van der Waals surface area (Å²) in [4.78, 5) is 22.3. The Kier molecular flexibility index (Phi) is 5.70. The molecule has 11 nitrogen and oxygen atoms in total. The van der Waals surface area contributed by atoms with Gasteiger partial charge in [-0.3, -0.25) is 4.68 Å². The molecule has 1 saturated heterocycles. The van der Waals surface area contributed by atoms with Gasteiger partial charge in [0.2, 0.25) is 0 Å². The Morgan fingerprint density at radius 1 is 1.27 bits per heavy atom. The quantitative estimate of drug-likeness (QED) is 0.391. The zero-order chi connectivity index (χ0) is 22.8. The van der Waals surface area contributed by atoms with Crippen LogP contribution < -0.4 is 4.90 Å². The van der Waals surface area contributed by atoms with Crippen molar-refractivity contribution < 1.29 is 8.42 Å². The highest BCUT2D eigenvalue weighted by Crippen LogP contribution is 2.33. The third-order valence-corrected chi connectivity index (χ3v) is 6.46. The molecule has 1 N–H and O–H groups in total. The third-order valence-electron chi connectivity index (χ3n) is 5.92. The number of rotatable bonds is 7. The molecule has 4 aromatic rings. The first-order chi connectivity index (χ1) is 16.1. The molecule has 33 heavy (non-hydrogen) atoms. The topological polar surface area (TPSA) is 146 Å². The van der Waals surface area contributed by atoms with Crippen molar-refractivity contribution in [2.24, 2.45) is 5.92 Å². The number of anilines is 1. The van der Waals surface area contributed by atoms with Gasteiger partial charge < -0.3 is 9.88 Å². The molecule has 4 aromatic heterocycles. The van der Waals surface area contributed by atoms with E-state index in [1.165, 1.54) is 6.33 Å². The molecule has 0 radical (unpaired) electrons. The SMILES string of the molecule is N#CCC(C1CCN(c2ccnc(C[SH](=O)=O)n2)C1)n1cc(-c2ncnc3[nH]ccc23)cn1. The molecule has 1 fully saturated rings. The number of H-pyrrole nitrogens is 1. The number of nitrogens with one attached hydrogen (secondary N) is 1. The second kappa shape index (κ2) is 8.95. The van der Waals surface area contributed by atoms with Crippen molar-refractivity contribution in [1.29, 1.82) is 5.26 Å². The lowest BCUT2D eigenvalue weighted by Gasteiger charge is -2.23. The van der Waals surface area contributed by atoms with Crippen molar-refractivity contribution in [3.63, 3.8) is 0 Å². The summed E-state index contributed by atoms with van der Waals surface area (Å²) in [5.74, 6) is 1.00. The number of aromatic amines is 1. The Labute approximate surface area is 191 Å². The number of aromatic nitrogens is 7. The van der Waals surface area contributed by atoms with E-state index in [4.69, 9.17) is 0 Å². The molecule has 0 saturated carbocycles. The van der Waals surface area contributed by atoms with Crippen LogP contribution in [0.1, 0.15) is 24.7 Å². The third kappa shape index (κ3) is 4.27. The lowest BCUT2D eigenvalue weighted by Crippen LogP contribution is -2.25. The molecule has 5 heterocycles. The molecule has 0 aromatic carbocycles. The van der Waals surface area contributed by atoms with Crippen LogP contribution in [0.3, 0.4) is 0 Å². The first-order valence-electron chi connectivity index (χ1n) is 10.5. The van der Waals surface area contributed by atoms with Crippen molar-refractivity contribution in [3.05, 3.63) is 49.1 Å². The summed E-state index contributed by atoms with van der Waals surface area (Å²) in [5, 5.41) is 15.0. The van der Waals surface area contributed by atoms with E-state index in [0.717, 1.165) is 35.3 Å². The van der Waals surface area contributed by atoms with Crippen molar-refractivity contribution in [1.82, 2.24) is 34.7 Å². The first-order valence-corrected chi connectivity index (χ1v) is 11.9. The fourth-order valence-electron chi connectivity index (χ4n) is 4.38. The Morgan fingerprint density at radius 2 is 2.18 bits per heavy atom. The fraction of sp³-hybridized carbons (Fsp3) is 0.333. The van der Waals surface area contributed by atoms with E-state index in [2.05, 4.69) is 41.0 Å². The number of hydrogen-bond donors (Lipinski definition) is 2. The summed E-state index contributed by atoms with van der Waals surface area (Å²) in [7, 11) is -2.58. The van der Waals surface area contributed by atoms with Crippen LogP contribution in [0.25, 0.3) is 22.3 Å². The van der Waals surface area contributed by atoms with Gasteiger partial charge in [0.05, 0.1) is 30.4 Å². The van der Waals surface area contributed by atoms with E-state index in [0.29, 0.717) is 24.6 Å². The van der Waals surface area contributed by atoms with Crippen LogP contribution in [0.5, 0.6) is 0 Å². The average Bonchev–Trinajstić information content (AvgIpc) is 3.58. The zero-order valence-electron chi connectivity index (χ0n) is 17.6. The Hall–Kier alpha value is -3.85. The van der Waals surface area contributed by atoms with Gasteiger partial charge in [0, 0.05) is 48.5 Å². The summed E-state index contributed by atoms with van der Waals surface area (Å²) in [6.07, 6.45) is 9.83. The smallest absolute Gasteiger partial charge is 0.147 e. The van der Waals surface area contributed by atoms with Gasteiger partial charge in [-0.2, -0.15) is 10.4 Å². The van der Waals surface area contributed by atoms with Gasteiger partial charge in [0.15, 0.2) is 0 Å². The zero-order valence-corrected chi connectivity index (χ0v) is 18.5. The van der Waals surface area contributed by atoms with Gasteiger partial charge in [0.1, 0.15) is 40.1 Å². The minimum absolute atomic E-state index is 0.102. The highest BCUT2D eigenvalue weighted by atomic mass is 32.2. The van der Waals surface area contributed by atoms with Crippen LogP contribution >= 0.6 is 0 Å². The molecular formula is C21H21N9O2S. The van der Waals surface area contributed by atoms with E-state index < -0.39 is 10.7 Å². The van der Waals surface area contributed by atoms with E-state index >= 15 is 0 Å². The maximum atomic E-state index is 11.0. The number of nitriles is 1. The maximum Gasteiger partial charge on any atom is 0.147 e. The minimum atomic E-state index is -2.58. The van der Waals surface area contributed by atoms with Gasteiger partial charge in [-0.1, -0.05) is 0 Å². The van der Waals surface area contributed by atoms with E-state index in [1.807, 2.05) is 23.1 Å². The average molecular weight is 464 g/mol. The molecule has 1 aliphatic rings. The predicted molar refractivity (Wildman–Crippen MR) is 121 cm³/mol. The van der Waals surface area contributed by atoms with Crippen LogP contribution in [0.2, 0.25) is 0 Å². The molecule has 0 amide bonds. The van der Waals surface area contributed by atoms with Gasteiger partial charge in [-0.15, -0.1) is 0 Å². The Balaban J connectivity index is 1.37. The molecule has 5 rings (SSSR count). The predicted octanol–water partition coefficient (Wildman–Crippen LogP) is 1.70. The lowest BCUT2D eigenvalue weighted by molar-refractivity contribution is 0.332. The van der Waals surface area contributed by atoms with Crippen LogP contribution in [0.4, 0.5) is 5.82 Å². The van der Waals surface area contributed by atoms with E-state index in [-0.39, 0.29) is 17.7 Å². The Bertz CT molecular complexity index is 1400. The normalized spacial score (nSPS) is 17.0. The highest BCUT2D eigenvalue weighted by molar-refractivity contribution is 7.71. The number of thiol groups is 1. The second-order valence-corrected chi connectivity index (χ2v) is 8.90. The summed E-state index contributed by atoms with van der Waals surface area (Å²) < 4.78 is 23.9. The van der Waals surface area contributed by atoms with Crippen LogP contribution in [-0.2, 0) is 16.5 Å². The van der Waals surface area contributed by atoms with Crippen LogP contribution in [-0.4, -0.2) is 56.2 Å². The van der Waals surface area contributed by atoms with Crippen molar-refractivity contribution in [3.8, 4) is 17.3 Å². The van der Waals surface area contributed by atoms with Crippen LogP contribution in [0.15, 0.2) is 43.2 Å². The number of nitrogens with zero attached hydrogens (tertiary/aromatic N) is 8. The molecule has 0 spiro atoms. The lowest BCUT2D eigenvalue weighted by atomic mass is 9.96. The highest BCUT2D eigenvalue weighted by Gasteiger charge is 2.32. The molecule has 168 valence electrons. The van der Waals surface area contributed by atoms with Gasteiger partial charge >= 0.3 is 0 Å². The number of hydrogen-bond acceptors (Lipinski definition) is 9. The fourth-order valence-corrected chi connectivity index (χ4v) is 4.76. The van der Waals surface area contributed by atoms with Gasteiger partial charge in [-0.05, 0) is 18.6 Å². The molecule has 0 bridgehead atoms. The molecule has 2 atom stereocenters. The van der Waals surface area contributed by atoms with Crippen molar-refractivity contribution in [2.45, 2.75) is 24.6 Å². The van der Waals surface area contributed by atoms with E-state index in [9.17, 15) is 13.7 Å². The largest absolute Gasteiger partial charge is 0.356 e. The van der Waals surface area contributed by atoms with Gasteiger partial charge in [0.25, 0.3) is 0 Å². The standard InChI is InChI=1S/C21H21N9O2S/c22-5-1-17(14-4-8-29(10-14)19-3-7-23-18(28-19)12-33(31)32)30-11-15(9-27-30)20-16-2-6-24-21(16)26-13-25-20/h2-3,6-7,9,11,13-14,17,33H,1,4,8,10,12H2,(H,24,25,26). The summed E-state index contributed by atoms with van der Waals surface area (Å²) in [6.45, 7) is 1.45. The molecular weight excluding hydrogens is 442 g/mol. The monoisotopic (exact) mass is 463 g/mol. The Morgan fingerprint density at radius 3 is 3.03 bits per heavy atom. The van der Waals surface area contributed by atoms with Crippen molar-refractivity contribution in [2.75, 3.05) is 18.0 Å². The van der Waals surface area contributed by atoms with Gasteiger partial charge in [-0.25, -0.2) is 28.4 Å². The summed E-state index contributed by atoms with van der Waals surface area (Å²) in [6, 6.07) is 5.92. The summed E-state index contributed by atoms with van der Waals surface area (Å²) >= 11 is 0. The van der Waals surface area contributed by atoms with Crippen LogP contribution in [0, 0.1) is 17.2 Å². The number of fused-ring (bicyclic) bond motifs is 1. The second-order valence-electron chi connectivity index (χ2n) is 7.92. The first kappa shape index (κ1) is 21.0. The maximum absolute atomic E-state index is 11.0. The molecule has 2 unspecified atom stereocenters. The molecule has 0 aliphatic carbocycles. The van der Waals surface area contributed by atoms with E-state index in [1.54, 1.807) is 18.5 Å². The molecule has 1 aliphatic heterocycles. The molecule has 12 heteroatoms. The van der Waals surface area contributed by atoms with Crippen molar-refractivity contribution >= 4 is 27.6 Å². The summed E-state index contributed by atoms with van der Waals surface area (Å²) in [5.41, 5.74) is 2.42.